The molecule has 0 atom stereocenters. The Kier molecular flexibility index (Phi) is 3.57. The van der Waals surface area contributed by atoms with Gasteiger partial charge >= 0.3 is 0 Å². The van der Waals surface area contributed by atoms with Crippen molar-refractivity contribution in [1.82, 2.24) is 10.2 Å². The van der Waals surface area contributed by atoms with Crippen LogP contribution >= 0.6 is 34.8 Å². The molecule has 0 aliphatic heterocycles. The lowest BCUT2D eigenvalue weighted by Crippen LogP contribution is -1.96. The van der Waals surface area contributed by atoms with Crippen LogP contribution in [-0.4, -0.2) is 10.2 Å². The Hall–Kier alpha value is -0.830. The number of benzene rings is 1. The van der Waals surface area contributed by atoms with E-state index in [0.29, 0.717) is 15.2 Å². The minimum absolute atomic E-state index is 0.423. The summed E-state index contributed by atoms with van der Waals surface area (Å²) in [5.41, 5.74) is 3.56. The van der Waals surface area contributed by atoms with Gasteiger partial charge < -0.3 is 0 Å². The van der Waals surface area contributed by atoms with E-state index < -0.39 is 0 Å². The Morgan fingerprint density at radius 3 is 2.24 bits per heavy atom. The molecule has 0 aliphatic rings. The summed E-state index contributed by atoms with van der Waals surface area (Å²) in [6.45, 7) is 3.86. The highest BCUT2D eigenvalue weighted by molar-refractivity contribution is 6.42. The van der Waals surface area contributed by atoms with Crippen LogP contribution in [-0.2, 0) is 0 Å². The van der Waals surface area contributed by atoms with Crippen molar-refractivity contribution >= 4 is 34.8 Å². The van der Waals surface area contributed by atoms with Gasteiger partial charge in [0, 0.05) is 5.56 Å². The van der Waals surface area contributed by atoms with Gasteiger partial charge in [-0.1, -0.05) is 40.9 Å². The molecule has 0 spiro atoms. The van der Waals surface area contributed by atoms with Crippen LogP contribution in [0.1, 0.15) is 11.1 Å². The molecule has 0 unspecified atom stereocenters. The summed E-state index contributed by atoms with van der Waals surface area (Å²) >= 11 is 17.8. The zero-order valence-corrected chi connectivity index (χ0v) is 11.5. The lowest BCUT2D eigenvalue weighted by atomic mass is 10.0. The zero-order valence-electron chi connectivity index (χ0n) is 9.26. The van der Waals surface area contributed by atoms with Gasteiger partial charge in [0.1, 0.15) is 0 Å². The first kappa shape index (κ1) is 12.6. The molecular weight excluding hydrogens is 279 g/mol. The van der Waals surface area contributed by atoms with Crippen molar-refractivity contribution in [3.05, 3.63) is 44.5 Å². The van der Waals surface area contributed by atoms with Crippen molar-refractivity contribution in [2.45, 2.75) is 13.8 Å². The largest absolute Gasteiger partial charge is 0.154 e. The molecule has 1 aromatic heterocycles. The summed E-state index contributed by atoms with van der Waals surface area (Å²) in [5, 5.41) is 9.44. The van der Waals surface area contributed by atoms with Gasteiger partial charge in [-0.3, -0.25) is 0 Å². The maximum Gasteiger partial charge on any atom is 0.154 e. The number of hydrogen-bond donors (Lipinski definition) is 0. The molecular formula is C12H9Cl3N2. The maximum absolute atomic E-state index is 5.98. The topological polar surface area (TPSA) is 25.8 Å². The van der Waals surface area contributed by atoms with E-state index in [1.54, 1.807) is 12.1 Å². The average Bonchev–Trinajstić information content (AvgIpc) is 2.30. The van der Waals surface area contributed by atoms with Crippen molar-refractivity contribution in [2.75, 3.05) is 0 Å². The maximum atomic E-state index is 5.98. The molecule has 2 nitrogen and oxygen atoms in total. The molecule has 1 aromatic carbocycles. The predicted octanol–water partition coefficient (Wildman–Crippen LogP) is 4.72. The predicted molar refractivity (Wildman–Crippen MR) is 72.0 cm³/mol. The van der Waals surface area contributed by atoms with Crippen molar-refractivity contribution in [2.24, 2.45) is 0 Å². The van der Waals surface area contributed by atoms with Crippen molar-refractivity contribution in [3.63, 3.8) is 0 Å². The fourth-order valence-electron chi connectivity index (χ4n) is 1.49. The molecule has 5 heteroatoms. The Morgan fingerprint density at radius 1 is 0.882 bits per heavy atom. The summed E-state index contributed by atoms with van der Waals surface area (Å²) in [7, 11) is 0. The third kappa shape index (κ3) is 2.39. The molecule has 0 fully saturated rings. The van der Waals surface area contributed by atoms with Gasteiger partial charge in [-0.25, -0.2) is 0 Å². The van der Waals surface area contributed by atoms with E-state index in [-0.39, 0.29) is 0 Å². The van der Waals surface area contributed by atoms with Crippen molar-refractivity contribution < 1.29 is 0 Å². The van der Waals surface area contributed by atoms with Gasteiger partial charge in [0.15, 0.2) is 5.15 Å². The van der Waals surface area contributed by atoms with E-state index in [1.165, 1.54) is 0 Å². The normalized spacial score (nSPS) is 10.6. The third-order valence-electron chi connectivity index (χ3n) is 2.66. The number of aromatic nitrogens is 2. The second kappa shape index (κ2) is 4.81. The first-order chi connectivity index (χ1) is 8.00. The lowest BCUT2D eigenvalue weighted by Gasteiger charge is -2.08. The van der Waals surface area contributed by atoms with E-state index >= 15 is 0 Å². The van der Waals surface area contributed by atoms with Crippen molar-refractivity contribution in [1.29, 1.82) is 0 Å². The minimum Gasteiger partial charge on any atom is -0.149 e. The molecule has 0 radical (unpaired) electrons. The minimum atomic E-state index is 0.423. The first-order valence-electron chi connectivity index (χ1n) is 4.95. The van der Waals surface area contributed by atoms with Crippen LogP contribution < -0.4 is 0 Å². The lowest BCUT2D eigenvalue weighted by molar-refractivity contribution is 1.00. The molecule has 2 aromatic rings. The molecule has 0 amide bonds. The summed E-state index contributed by atoms with van der Waals surface area (Å²) in [5.74, 6) is 0. The fourth-order valence-corrected chi connectivity index (χ4v) is 1.97. The Balaban J connectivity index is 2.61. The molecule has 88 valence electrons. The second-order valence-electron chi connectivity index (χ2n) is 3.72. The van der Waals surface area contributed by atoms with Crippen LogP contribution in [0, 0.1) is 13.8 Å². The van der Waals surface area contributed by atoms with Gasteiger partial charge in [-0.15, -0.1) is 10.2 Å². The molecule has 2 rings (SSSR count). The summed E-state index contributed by atoms with van der Waals surface area (Å²) in [4.78, 5) is 0. The molecule has 0 saturated carbocycles. The van der Waals surface area contributed by atoms with Crippen LogP contribution in [0.4, 0.5) is 0 Å². The molecule has 17 heavy (non-hydrogen) atoms. The standard InChI is InChI=1S/C12H9Cl3N2/c1-6-7(2)12(15)17-16-11(6)8-3-4-9(13)10(14)5-8/h3-5H,1-2H3. The second-order valence-corrected chi connectivity index (χ2v) is 4.89. The highest BCUT2D eigenvalue weighted by Crippen LogP contribution is 2.30. The van der Waals surface area contributed by atoms with Gasteiger partial charge in [0.2, 0.25) is 0 Å². The van der Waals surface area contributed by atoms with E-state index in [0.717, 1.165) is 22.4 Å². The fraction of sp³-hybridized carbons (Fsp3) is 0.167. The SMILES string of the molecule is Cc1c(Cl)nnc(-c2ccc(Cl)c(Cl)c2)c1C. The quantitative estimate of drug-likeness (QED) is 0.758. The van der Waals surface area contributed by atoms with Crippen LogP contribution in [0.5, 0.6) is 0 Å². The van der Waals surface area contributed by atoms with Crippen LogP contribution in [0.15, 0.2) is 18.2 Å². The molecule has 0 N–H and O–H groups in total. The third-order valence-corrected chi connectivity index (χ3v) is 3.76. The Labute approximate surface area is 115 Å². The molecule has 0 saturated heterocycles. The van der Waals surface area contributed by atoms with Crippen LogP contribution in [0.3, 0.4) is 0 Å². The number of nitrogens with zero attached hydrogens (tertiary/aromatic N) is 2. The smallest absolute Gasteiger partial charge is 0.149 e. The number of rotatable bonds is 1. The Bertz CT molecular complexity index is 582. The monoisotopic (exact) mass is 286 g/mol. The van der Waals surface area contributed by atoms with Gasteiger partial charge in [-0.05, 0) is 37.1 Å². The summed E-state index contributed by atoms with van der Waals surface area (Å²) < 4.78 is 0. The van der Waals surface area contributed by atoms with Crippen molar-refractivity contribution in [3.8, 4) is 11.3 Å². The summed E-state index contributed by atoms with van der Waals surface area (Å²) in [6.07, 6.45) is 0. The number of hydrogen-bond acceptors (Lipinski definition) is 2. The Morgan fingerprint density at radius 2 is 1.59 bits per heavy atom. The summed E-state index contributed by atoms with van der Waals surface area (Å²) in [6, 6.07) is 5.37. The average molecular weight is 288 g/mol. The van der Waals surface area contributed by atoms with E-state index in [2.05, 4.69) is 10.2 Å². The first-order valence-corrected chi connectivity index (χ1v) is 6.09. The highest BCUT2D eigenvalue weighted by atomic mass is 35.5. The van der Waals surface area contributed by atoms with E-state index in [1.807, 2.05) is 19.9 Å². The van der Waals surface area contributed by atoms with Crippen LogP contribution in [0.25, 0.3) is 11.3 Å². The van der Waals surface area contributed by atoms with Gasteiger partial charge in [-0.2, -0.15) is 0 Å². The molecule has 1 heterocycles. The molecule has 0 bridgehead atoms. The van der Waals surface area contributed by atoms with E-state index in [9.17, 15) is 0 Å². The number of halogens is 3. The highest BCUT2D eigenvalue weighted by Gasteiger charge is 2.11. The van der Waals surface area contributed by atoms with Gasteiger partial charge in [0.25, 0.3) is 0 Å². The molecule has 0 aliphatic carbocycles. The van der Waals surface area contributed by atoms with Gasteiger partial charge in [0.05, 0.1) is 15.7 Å². The van der Waals surface area contributed by atoms with E-state index in [4.69, 9.17) is 34.8 Å². The zero-order chi connectivity index (χ0) is 12.6. The van der Waals surface area contributed by atoms with Crippen LogP contribution in [0.2, 0.25) is 15.2 Å².